The molecule has 0 unspecified atom stereocenters. The highest BCUT2D eigenvalue weighted by Crippen LogP contribution is 2.28. The van der Waals surface area contributed by atoms with Gasteiger partial charge in [0.2, 0.25) is 0 Å². The molecule has 0 radical (unpaired) electrons. The molecule has 0 bridgehead atoms. The van der Waals surface area contributed by atoms with Crippen LogP contribution in [0.3, 0.4) is 0 Å². The van der Waals surface area contributed by atoms with Crippen LogP contribution in [0.4, 0.5) is 11.4 Å². The number of benzene rings is 1. The van der Waals surface area contributed by atoms with Gasteiger partial charge in [-0.05, 0) is 24.8 Å². The van der Waals surface area contributed by atoms with Crippen LogP contribution < -0.4 is 16.6 Å². The Hall–Kier alpha value is -2.15. The highest BCUT2D eigenvalue weighted by atomic mass is 16.6. The highest BCUT2D eigenvalue weighted by molar-refractivity contribution is 6.01. The summed E-state index contributed by atoms with van der Waals surface area (Å²) < 4.78 is 0. The summed E-state index contributed by atoms with van der Waals surface area (Å²) in [6.07, 6.45) is 3.45. The second-order valence-electron chi connectivity index (χ2n) is 4.61. The first-order valence-corrected chi connectivity index (χ1v) is 6.15. The van der Waals surface area contributed by atoms with Gasteiger partial charge in [0.15, 0.2) is 0 Å². The molecule has 1 aromatic carbocycles. The molecule has 1 amide bonds. The number of para-hydroxylation sites is 1. The number of nitrogen functional groups attached to an aromatic ring is 1. The molecule has 2 rings (SSSR count). The number of carbonyl (C=O) groups is 1. The highest BCUT2D eigenvalue weighted by Gasteiger charge is 2.22. The molecule has 19 heavy (non-hydrogen) atoms. The van der Waals surface area contributed by atoms with Gasteiger partial charge in [-0.2, -0.15) is 0 Å². The number of hydrogen-bond donors (Lipinski definition) is 3. The predicted molar refractivity (Wildman–Crippen MR) is 70.6 cm³/mol. The van der Waals surface area contributed by atoms with E-state index in [9.17, 15) is 14.9 Å². The van der Waals surface area contributed by atoms with E-state index in [1.807, 2.05) is 0 Å². The van der Waals surface area contributed by atoms with Crippen molar-refractivity contribution in [1.29, 1.82) is 0 Å². The molecular weight excluding hydrogens is 248 g/mol. The summed E-state index contributed by atoms with van der Waals surface area (Å²) >= 11 is 0. The van der Waals surface area contributed by atoms with Gasteiger partial charge in [0.1, 0.15) is 5.69 Å². The van der Waals surface area contributed by atoms with Crippen LogP contribution in [0.25, 0.3) is 0 Å². The van der Waals surface area contributed by atoms with E-state index in [1.54, 1.807) is 0 Å². The van der Waals surface area contributed by atoms with E-state index < -0.39 is 4.92 Å². The second-order valence-corrected chi connectivity index (χ2v) is 4.61. The molecule has 7 nitrogen and oxygen atoms in total. The molecule has 1 fully saturated rings. The minimum Gasteiger partial charge on any atom is -0.352 e. The molecule has 4 N–H and O–H groups in total. The lowest BCUT2D eigenvalue weighted by atomic mass is 9.85. The monoisotopic (exact) mass is 264 g/mol. The average molecular weight is 264 g/mol. The molecule has 0 atom stereocenters. The third kappa shape index (κ3) is 2.82. The van der Waals surface area contributed by atoms with E-state index in [0.717, 1.165) is 12.8 Å². The Kier molecular flexibility index (Phi) is 3.96. The lowest BCUT2D eigenvalue weighted by Gasteiger charge is -2.25. The molecule has 7 heteroatoms. The van der Waals surface area contributed by atoms with Crippen LogP contribution >= 0.6 is 0 Å². The smallest absolute Gasteiger partial charge is 0.294 e. The van der Waals surface area contributed by atoms with Crippen molar-refractivity contribution in [3.05, 3.63) is 33.9 Å². The Morgan fingerprint density at radius 2 is 2.21 bits per heavy atom. The summed E-state index contributed by atoms with van der Waals surface area (Å²) in [5.41, 5.74) is 2.26. The van der Waals surface area contributed by atoms with E-state index in [2.05, 4.69) is 10.7 Å². The number of amides is 1. The van der Waals surface area contributed by atoms with E-state index in [1.165, 1.54) is 24.6 Å². The molecule has 0 heterocycles. The SMILES string of the molecule is NNc1c(C(=O)NCC2CCC2)cccc1[N+](=O)[O-]. The van der Waals surface area contributed by atoms with Crippen molar-refractivity contribution >= 4 is 17.3 Å². The molecule has 1 aromatic rings. The zero-order valence-corrected chi connectivity index (χ0v) is 10.4. The summed E-state index contributed by atoms with van der Waals surface area (Å²) in [4.78, 5) is 22.3. The van der Waals surface area contributed by atoms with Gasteiger partial charge in [0.05, 0.1) is 10.5 Å². The summed E-state index contributed by atoms with van der Waals surface area (Å²) in [5.74, 6) is 5.47. The van der Waals surface area contributed by atoms with E-state index >= 15 is 0 Å². The summed E-state index contributed by atoms with van der Waals surface area (Å²) in [6, 6.07) is 4.29. The van der Waals surface area contributed by atoms with E-state index in [4.69, 9.17) is 5.84 Å². The number of nitro groups is 1. The summed E-state index contributed by atoms with van der Waals surface area (Å²) in [5, 5.41) is 13.6. The largest absolute Gasteiger partial charge is 0.352 e. The van der Waals surface area contributed by atoms with Crippen LogP contribution in [0.5, 0.6) is 0 Å². The molecule has 102 valence electrons. The van der Waals surface area contributed by atoms with Crippen molar-refractivity contribution in [1.82, 2.24) is 5.32 Å². The van der Waals surface area contributed by atoms with Gasteiger partial charge < -0.3 is 10.7 Å². The minimum absolute atomic E-state index is 0.0404. The number of nitrogens with one attached hydrogen (secondary N) is 2. The number of hydrogen-bond acceptors (Lipinski definition) is 5. The van der Waals surface area contributed by atoms with Crippen molar-refractivity contribution in [2.75, 3.05) is 12.0 Å². The lowest BCUT2D eigenvalue weighted by molar-refractivity contribution is -0.384. The van der Waals surface area contributed by atoms with Crippen LogP contribution in [-0.2, 0) is 0 Å². The van der Waals surface area contributed by atoms with Crippen LogP contribution in [0.2, 0.25) is 0 Å². The Morgan fingerprint density at radius 1 is 1.47 bits per heavy atom. The number of nitrogens with two attached hydrogens (primary N) is 1. The average Bonchev–Trinajstić information content (AvgIpc) is 2.35. The normalized spacial score (nSPS) is 14.6. The fourth-order valence-corrected chi connectivity index (χ4v) is 2.06. The van der Waals surface area contributed by atoms with Crippen LogP contribution in [0, 0.1) is 16.0 Å². The fourth-order valence-electron chi connectivity index (χ4n) is 2.06. The molecule has 1 aliphatic carbocycles. The quantitative estimate of drug-likeness (QED) is 0.423. The maximum atomic E-state index is 12.0. The van der Waals surface area contributed by atoms with Crippen molar-refractivity contribution in [3.8, 4) is 0 Å². The molecule has 1 saturated carbocycles. The van der Waals surface area contributed by atoms with Crippen molar-refractivity contribution in [2.24, 2.45) is 11.8 Å². The first kappa shape index (κ1) is 13.3. The summed E-state index contributed by atoms with van der Waals surface area (Å²) in [7, 11) is 0. The van der Waals surface area contributed by atoms with Crippen LogP contribution in [0.1, 0.15) is 29.6 Å². The molecule has 0 saturated heterocycles. The maximum Gasteiger partial charge on any atom is 0.294 e. The fraction of sp³-hybridized carbons (Fsp3) is 0.417. The van der Waals surface area contributed by atoms with Crippen molar-refractivity contribution in [2.45, 2.75) is 19.3 Å². The van der Waals surface area contributed by atoms with E-state index in [0.29, 0.717) is 12.5 Å². The van der Waals surface area contributed by atoms with Gasteiger partial charge in [-0.3, -0.25) is 20.8 Å². The van der Waals surface area contributed by atoms with E-state index in [-0.39, 0.29) is 22.8 Å². The van der Waals surface area contributed by atoms with Crippen molar-refractivity contribution < 1.29 is 9.72 Å². The van der Waals surface area contributed by atoms with Crippen molar-refractivity contribution in [3.63, 3.8) is 0 Å². The molecule has 1 aliphatic rings. The van der Waals surface area contributed by atoms with Gasteiger partial charge in [-0.25, -0.2) is 0 Å². The first-order valence-electron chi connectivity index (χ1n) is 6.15. The molecule has 0 aliphatic heterocycles. The third-order valence-corrected chi connectivity index (χ3v) is 3.40. The second kappa shape index (κ2) is 5.66. The Morgan fingerprint density at radius 3 is 2.74 bits per heavy atom. The zero-order valence-electron chi connectivity index (χ0n) is 10.4. The summed E-state index contributed by atoms with van der Waals surface area (Å²) in [6.45, 7) is 0.603. The first-order chi connectivity index (χ1) is 9.13. The van der Waals surface area contributed by atoms with Gasteiger partial charge in [0.25, 0.3) is 11.6 Å². The van der Waals surface area contributed by atoms with Gasteiger partial charge in [-0.15, -0.1) is 0 Å². The Balaban J connectivity index is 2.15. The number of hydrazine groups is 1. The Labute approximate surface area is 110 Å². The topological polar surface area (TPSA) is 110 Å². The van der Waals surface area contributed by atoms with Gasteiger partial charge in [0, 0.05) is 12.6 Å². The number of anilines is 1. The number of nitrogens with zero attached hydrogens (tertiary/aromatic N) is 1. The van der Waals surface area contributed by atoms with Gasteiger partial charge >= 0.3 is 0 Å². The molecule has 0 spiro atoms. The predicted octanol–water partition coefficient (Wildman–Crippen LogP) is 1.41. The molecular formula is C12H16N4O3. The standard InChI is InChI=1S/C12H16N4O3/c13-15-11-9(5-2-6-10(11)16(18)19)12(17)14-7-8-3-1-4-8/h2,5-6,8,15H,1,3-4,7,13H2,(H,14,17). The molecule has 0 aromatic heterocycles. The maximum absolute atomic E-state index is 12.0. The zero-order chi connectivity index (χ0) is 13.8. The third-order valence-electron chi connectivity index (χ3n) is 3.40. The number of nitro benzene ring substituents is 1. The van der Waals surface area contributed by atoms with Crippen LogP contribution in [-0.4, -0.2) is 17.4 Å². The minimum atomic E-state index is -0.572. The number of carbonyl (C=O) groups excluding carboxylic acids is 1. The Bertz CT molecular complexity index is 500. The number of rotatable bonds is 5. The lowest BCUT2D eigenvalue weighted by Crippen LogP contribution is -2.32. The van der Waals surface area contributed by atoms with Gasteiger partial charge in [-0.1, -0.05) is 12.5 Å². The van der Waals surface area contributed by atoms with Crippen LogP contribution in [0.15, 0.2) is 18.2 Å².